The lowest BCUT2D eigenvalue weighted by molar-refractivity contribution is 0.0943. The molecule has 4 heteroatoms. The van der Waals surface area contributed by atoms with Crippen molar-refractivity contribution < 1.29 is 4.79 Å². The third-order valence-electron chi connectivity index (χ3n) is 4.08. The van der Waals surface area contributed by atoms with Crippen molar-refractivity contribution in [3.8, 4) is 0 Å². The van der Waals surface area contributed by atoms with E-state index in [0.717, 1.165) is 25.2 Å². The molecule has 2 aromatic rings. The van der Waals surface area contributed by atoms with Gasteiger partial charge in [0.15, 0.2) is 0 Å². The average Bonchev–Trinajstić information content (AvgIpc) is 3.02. The van der Waals surface area contributed by atoms with E-state index in [9.17, 15) is 4.79 Å². The monoisotopic (exact) mass is 295 g/mol. The molecular weight excluding hydrogens is 274 g/mol. The quantitative estimate of drug-likeness (QED) is 0.943. The highest BCUT2D eigenvalue weighted by Gasteiger charge is 2.23. The van der Waals surface area contributed by atoms with Crippen LogP contribution in [-0.2, 0) is 0 Å². The number of carbonyl (C=O) groups is 1. The van der Waals surface area contributed by atoms with E-state index in [4.69, 9.17) is 0 Å². The van der Waals surface area contributed by atoms with Gasteiger partial charge < -0.3 is 10.2 Å². The number of aromatic nitrogens is 1. The second kappa shape index (κ2) is 6.60. The SMILES string of the molecule is Cc1cccc(C(=O)NC[C@@H]2CCN(c3ccccc3)C2)n1. The van der Waals surface area contributed by atoms with Gasteiger partial charge in [-0.25, -0.2) is 4.98 Å². The van der Waals surface area contributed by atoms with E-state index < -0.39 is 0 Å². The van der Waals surface area contributed by atoms with Gasteiger partial charge in [0.25, 0.3) is 5.91 Å². The number of rotatable bonds is 4. The summed E-state index contributed by atoms with van der Waals surface area (Å²) in [6.45, 7) is 4.64. The summed E-state index contributed by atoms with van der Waals surface area (Å²) in [5.41, 5.74) is 2.62. The number of carbonyl (C=O) groups excluding carboxylic acids is 1. The summed E-state index contributed by atoms with van der Waals surface area (Å²) in [6, 6.07) is 16.0. The second-order valence-corrected chi connectivity index (χ2v) is 5.81. The van der Waals surface area contributed by atoms with E-state index >= 15 is 0 Å². The number of amides is 1. The molecule has 0 unspecified atom stereocenters. The van der Waals surface area contributed by atoms with Crippen molar-refractivity contribution >= 4 is 11.6 Å². The van der Waals surface area contributed by atoms with Crippen molar-refractivity contribution in [1.29, 1.82) is 0 Å². The highest BCUT2D eigenvalue weighted by Crippen LogP contribution is 2.22. The van der Waals surface area contributed by atoms with E-state index in [-0.39, 0.29) is 5.91 Å². The van der Waals surface area contributed by atoms with Crippen molar-refractivity contribution in [2.75, 3.05) is 24.5 Å². The Morgan fingerprint density at radius 1 is 1.23 bits per heavy atom. The van der Waals surface area contributed by atoms with Crippen molar-refractivity contribution in [1.82, 2.24) is 10.3 Å². The van der Waals surface area contributed by atoms with Gasteiger partial charge in [-0.2, -0.15) is 0 Å². The zero-order valence-electron chi connectivity index (χ0n) is 12.8. The first-order chi connectivity index (χ1) is 10.7. The van der Waals surface area contributed by atoms with E-state index in [0.29, 0.717) is 18.2 Å². The zero-order chi connectivity index (χ0) is 15.4. The van der Waals surface area contributed by atoms with E-state index in [2.05, 4.69) is 39.5 Å². The van der Waals surface area contributed by atoms with Crippen LogP contribution in [0.5, 0.6) is 0 Å². The molecule has 1 fully saturated rings. The van der Waals surface area contributed by atoms with Crippen molar-refractivity contribution in [2.24, 2.45) is 5.92 Å². The number of hydrogen-bond acceptors (Lipinski definition) is 3. The van der Waals surface area contributed by atoms with Gasteiger partial charge in [-0.3, -0.25) is 4.79 Å². The van der Waals surface area contributed by atoms with E-state index in [1.54, 1.807) is 6.07 Å². The third kappa shape index (κ3) is 3.45. The maximum absolute atomic E-state index is 12.1. The Bertz CT molecular complexity index is 642. The van der Waals surface area contributed by atoms with Crippen molar-refractivity contribution in [3.63, 3.8) is 0 Å². The molecule has 4 nitrogen and oxygen atoms in total. The van der Waals surface area contributed by atoms with Crippen LogP contribution in [0.2, 0.25) is 0 Å². The Hall–Kier alpha value is -2.36. The maximum Gasteiger partial charge on any atom is 0.269 e. The van der Waals surface area contributed by atoms with Gasteiger partial charge in [-0.15, -0.1) is 0 Å². The molecule has 0 spiro atoms. The molecule has 1 amide bonds. The standard InChI is InChI=1S/C18H21N3O/c1-14-6-5-9-17(20-14)18(22)19-12-15-10-11-21(13-15)16-7-3-2-4-8-16/h2-9,15H,10-13H2,1H3,(H,19,22)/t15-/m0/s1. The van der Waals surface area contributed by atoms with Crippen LogP contribution in [0.4, 0.5) is 5.69 Å². The zero-order valence-corrected chi connectivity index (χ0v) is 12.8. The molecule has 1 aromatic heterocycles. The third-order valence-corrected chi connectivity index (χ3v) is 4.08. The summed E-state index contributed by atoms with van der Waals surface area (Å²) < 4.78 is 0. The molecule has 1 N–H and O–H groups in total. The Morgan fingerprint density at radius 2 is 2.05 bits per heavy atom. The molecule has 1 aliphatic rings. The fourth-order valence-electron chi connectivity index (χ4n) is 2.87. The molecule has 0 saturated carbocycles. The Kier molecular flexibility index (Phi) is 4.37. The molecule has 1 saturated heterocycles. The highest BCUT2D eigenvalue weighted by atomic mass is 16.1. The number of nitrogens with one attached hydrogen (secondary N) is 1. The minimum Gasteiger partial charge on any atom is -0.371 e. The molecule has 0 aliphatic carbocycles. The lowest BCUT2D eigenvalue weighted by Crippen LogP contribution is -2.31. The number of benzene rings is 1. The summed E-state index contributed by atoms with van der Waals surface area (Å²) in [6.07, 6.45) is 1.11. The van der Waals surface area contributed by atoms with Gasteiger partial charge >= 0.3 is 0 Å². The maximum atomic E-state index is 12.1. The van der Waals surface area contributed by atoms with Crippen molar-refractivity contribution in [2.45, 2.75) is 13.3 Å². The minimum absolute atomic E-state index is 0.0816. The van der Waals surface area contributed by atoms with Gasteiger partial charge in [0.05, 0.1) is 0 Å². The Balaban J connectivity index is 1.52. The lowest BCUT2D eigenvalue weighted by atomic mass is 10.1. The highest BCUT2D eigenvalue weighted by molar-refractivity contribution is 5.92. The number of para-hydroxylation sites is 1. The van der Waals surface area contributed by atoms with Crippen LogP contribution in [0.15, 0.2) is 48.5 Å². The largest absolute Gasteiger partial charge is 0.371 e. The number of anilines is 1. The fraction of sp³-hybridized carbons (Fsp3) is 0.333. The summed E-state index contributed by atoms with van der Waals surface area (Å²) in [4.78, 5) is 18.8. The normalized spacial score (nSPS) is 17.5. The molecule has 114 valence electrons. The van der Waals surface area contributed by atoms with Gasteiger partial charge in [-0.05, 0) is 43.5 Å². The van der Waals surface area contributed by atoms with Crippen LogP contribution >= 0.6 is 0 Å². The number of aryl methyl sites for hydroxylation is 1. The van der Waals surface area contributed by atoms with Crippen LogP contribution in [0.1, 0.15) is 22.6 Å². The van der Waals surface area contributed by atoms with E-state index in [1.807, 2.05) is 25.1 Å². The van der Waals surface area contributed by atoms with Crippen LogP contribution in [0, 0.1) is 12.8 Å². The molecular formula is C18H21N3O. The van der Waals surface area contributed by atoms with E-state index in [1.165, 1.54) is 5.69 Å². The molecule has 22 heavy (non-hydrogen) atoms. The molecule has 3 rings (SSSR count). The van der Waals surface area contributed by atoms with Gasteiger partial charge in [0.1, 0.15) is 5.69 Å². The second-order valence-electron chi connectivity index (χ2n) is 5.81. The summed E-state index contributed by atoms with van der Waals surface area (Å²) in [7, 11) is 0. The smallest absolute Gasteiger partial charge is 0.269 e. The first-order valence-electron chi connectivity index (χ1n) is 7.74. The van der Waals surface area contributed by atoms with Crippen LogP contribution in [0.3, 0.4) is 0 Å². The molecule has 1 aliphatic heterocycles. The minimum atomic E-state index is -0.0816. The molecule has 0 radical (unpaired) electrons. The Labute approximate surface area is 131 Å². The predicted octanol–water partition coefficient (Wildman–Crippen LogP) is 2.65. The molecule has 2 heterocycles. The summed E-state index contributed by atoms with van der Waals surface area (Å²) in [5.74, 6) is 0.413. The summed E-state index contributed by atoms with van der Waals surface area (Å²) >= 11 is 0. The Morgan fingerprint density at radius 3 is 2.82 bits per heavy atom. The van der Waals surface area contributed by atoms with Gasteiger partial charge in [0.2, 0.25) is 0 Å². The average molecular weight is 295 g/mol. The first-order valence-corrected chi connectivity index (χ1v) is 7.74. The predicted molar refractivity (Wildman–Crippen MR) is 88.1 cm³/mol. The van der Waals surface area contributed by atoms with Gasteiger partial charge in [0, 0.05) is 31.0 Å². The number of nitrogens with zero attached hydrogens (tertiary/aromatic N) is 2. The molecule has 1 aromatic carbocycles. The molecule has 1 atom stereocenters. The first kappa shape index (κ1) is 14.6. The topological polar surface area (TPSA) is 45.2 Å². The molecule has 0 bridgehead atoms. The van der Waals surface area contributed by atoms with Crippen molar-refractivity contribution in [3.05, 3.63) is 59.9 Å². The van der Waals surface area contributed by atoms with Crippen LogP contribution in [0.25, 0.3) is 0 Å². The van der Waals surface area contributed by atoms with Gasteiger partial charge in [-0.1, -0.05) is 24.3 Å². The van der Waals surface area contributed by atoms with Crippen LogP contribution in [-0.4, -0.2) is 30.5 Å². The number of hydrogen-bond donors (Lipinski definition) is 1. The number of pyridine rings is 1. The van der Waals surface area contributed by atoms with Crippen LogP contribution < -0.4 is 10.2 Å². The lowest BCUT2D eigenvalue weighted by Gasteiger charge is -2.18. The fourth-order valence-corrected chi connectivity index (χ4v) is 2.87. The summed E-state index contributed by atoms with van der Waals surface area (Å²) in [5, 5.41) is 3.01.